The molecule has 88 valence electrons. The first-order chi connectivity index (χ1) is 7.49. The second kappa shape index (κ2) is 5.49. The fourth-order valence-corrected chi connectivity index (χ4v) is 1.29. The average molecular weight is 222 g/mol. The number of hydrogen-bond donors (Lipinski definition) is 0. The summed E-state index contributed by atoms with van der Waals surface area (Å²) in [7, 11) is 1.70. The number of nitrogens with zero attached hydrogens (tertiary/aromatic N) is 2. The van der Waals surface area contributed by atoms with Gasteiger partial charge in [-0.15, -0.1) is 0 Å². The van der Waals surface area contributed by atoms with Gasteiger partial charge in [0.05, 0.1) is 18.3 Å². The lowest BCUT2D eigenvalue weighted by atomic mass is 10.3. The van der Waals surface area contributed by atoms with Crippen molar-refractivity contribution in [3.8, 4) is 0 Å². The maximum Gasteiger partial charge on any atom is 0.410 e. The molecule has 4 heteroatoms. The standard InChI is InChI=1S/C12H18N2O2/c1-9(2)16-12(15)14(4)8-11-7-5-6-10(3)13-11/h5-7,9H,8H2,1-4H3. The van der Waals surface area contributed by atoms with E-state index < -0.39 is 0 Å². The van der Waals surface area contributed by atoms with Crippen LogP contribution in [0.15, 0.2) is 18.2 Å². The first-order valence-electron chi connectivity index (χ1n) is 5.33. The molecule has 0 aliphatic heterocycles. The van der Waals surface area contributed by atoms with Crippen LogP contribution in [0, 0.1) is 6.92 Å². The van der Waals surface area contributed by atoms with Crippen molar-refractivity contribution in [1.29, 1.82) is 0 Å². The van der Waals surface area contributed by atoms with Crippen LogP contribution in [0.5, 0.6) is 0 Å². The van der Waals surface area contributed by atoms with Crippen LogP contribution >= 0.6 is 0 Å². The summed E-state index contributed by atoms with van der Waals surface area (Å²) in [5.74, 6) is 0. The number of aromatic nitrogens is 1. The normalized spacial score (nSPS) is 10.3. The van der Waals surface area contributed by atoms with E-state index >= 15 is 0 Å². The molecule has 0 bridgehead atoms. The third-order valence-corrected chi connectivity index (χ3v) is 1.99. The number of aryl methyl sites for hydroxylation is 1. The van der Waals surface area contributed by atoms with Crippen molar-refractivity contribution >= 4 is 6.09 Å². The van der Waals surface area contributed by atoms with Gasteiger partial charge in [0.1, 0.15) is 0 Å². The predicted molar refractivity (Wildman–Crippen MR) is 62.1 cm³/mol. The smallest absolute Gasteiger partial charge is 0.410 e. The Morgan fingerprint density at radius 1 is 1.50 bits per heavy atom. The largest absolute Gasteiger partial charge is 0.447 e. The highest BCUT2D eigenvalue weighted by Gasteiger charge is 2.12. The van der Waals surface area contributed by atoms with Gasteiger partial charge in [0.25, 0.3) is 0 Å². The monoisotopic (exact) mass is 222 g/mol. The van der Waals surface area contributed by atoms with E-state index in [0.29, 0.717) is 6.54 Å². The van der Waals surface area contributed by atoms with Crippen LogP contribution in [0.3, 0.4) is 0 Å². The number of rotatable bonds is 3. The highest BCUT2D eigenvalue weighted by molar-refractivity contribution is 5.67. The van der Waals surface area contributed by atoms with Gasteiger partial charge in [0.2, 0.25) is 0 Å². The van der Waals surface area contributed by atoms with Crippen LogP contribution < -0.4 is 0 Å². The Morgan fingerprint density at radius 2 is 2.19 bits per heavy atom. The predicted octanol–water partition coefficient (Wildman–Crippen LogP) is 2.37. The number of pyridine rings is 1. The van der Waals surface area contributed by atoms with Crippen molar-refractivity contribution in [2.45, 2.75) is 33.4 Å². The molecule has 1 aromatic rings. The van der Waals surface area contributed by atoms with E-state index in [0.717, 1.165) is 11.4 Å². The minimum absolute atomic E-state index is 0.0968. The fourth-order valence-electron chi connectivity index (χ4n) is 1.29. The van der Waals surface area contributed by atoms with Gasteiger partial charge >= 0.3 is 6.09 Å². The van der Waals surface area contributed by atoms with Crippen molar-refractivity contribution in [1.82, 2.24) is 9.88 Å². The van der Waals surface area contributed by atoms with Gasteiger partial charge in [-0.2, -0.15) is 0 Å². The number of hydrogen-bond acceptors (Lipinski definition) is 3. The Balaban J connectivity index is 2.57. The molecule has 0 fully saturated rings. The first-order valence-corrected chi connectivity index (χ1v) is 5.33. The summed E-state index contributed by atoms with van der Waals surface area (Å²) in [6.07, 6.45) is -0.418. The van der Waals surface area contributed by atoms with E-state index in [4.69, 9.17) is 4.74 Å². The highest BCUT2D eigenvalue weighted by atomic mass is 16.6. The number of carbonyl (C=O) groups excluding carboxylic acids is 1. The summed E-state index contributed by atoms with van der Waals surface area (Å²) in [4.78, 5) is 17.4. The number of carbonyl (C=O) groups is 1. The SMILES string of the molecule is Cc1cccc(CN(C)C(=O)OC(C)C)n1. The van der Waals surface area contributed by atoms with E-state index in [-0.39, 0.29) is 12.2 Å². The van der Waals surface area contributed by atoms with Gasteiger partial charge in [-0.25, -0.2) is 4.79 Å². The van der Waals surface area contributed by atoms with Crippen molar-refractivity contribution in [3.05, 3.63) is 29.6 Å². The lowest BCUT2D eigenvalue weighted by Gasteiger charge is -2.18. The minimum Gasteiger partial charge on any atom is -0.447 e. The summed E-state index contributed by atoms with van der Waals surface area (Å²) in [5.41, 5.74) is 1.81. The van der Waals surface area contributed by atoms with Gasteiger partial charge in [-0.1, -0.05) is 6.07 Å². The van der Waals surface area contributed by atoms with Crippen molar-refractivity contribution < 1.29 is 9.53 Å². The van der Waals surface area contributed by atoms with Gasteiger partial charge in [0, 0.05) is 12.7 Å². The lowest BCUT2D eigenvalue weighted by Crippen LogP contribution is -2.29. The van der Waals surface area contributed by atoms with Gasteiger partial charge in [-0.3, -0.25) is 4.98 Å². The molecule has 0 atom stereocenters. The zero-order chi connectivity index (χ0) is 12.1. The topological polar surface area (TPSA) is 42.4 Å². The Hall–Kier alpha value is -1.58. The van der Waals surface area contributed by atoms with Crippen LogP contribution in [0.25, 0.3) is 0 Å². The number of ether oxygens (including phenoxy) is 1. The van der Waals surface area contributed by atoms with Gasteiger partial charge in [0.15, 0.2) is 0 Å². The highest BCUT2D eigenvalue weighted by Crippen LogP contribution is 2.04. The fraction of sp³-hybridized carbons (Fsp3) is 0.500. The van der Waals surface area contributed by atoms with Gasteiger partial charge < -0.3 is 9.64 Å². The Kier molecular flexibility index (Phi) is 4.28. The average Bonchev–Trinajstić information content (AvgIpc) is 2.16. The van der Waals surface area contributed by atoms with E-state index in [1.165, 1.54) is 4.90 Å². The molecule has 0 spiro atoms. The molecule has 0 aliphatic rings. The molecule has 0 unspecified atom stereocenters. The molecule has 0 aliphatic carbocycles. The molecular weight excluding hydrogens is 204 g/mol. The Bertz CT molecular complexity index is 364. The lowest BCUT2D eigenvalue weighted by molar-refractivity contribution is 0.0819. The van der Waals surface area contributed by atoms with Crippen molar-refractivity contribution in [3.63, 3.8) is 0 Å². The second-order valence-corrected chi connectivity index (χ2v) is 4.06. The van der Waals surface area contributed by atoms with Crippen LogP contribution in [0.2, 0.25) is 0 Å². The first kappa shape index (κ1) is 12.5. The molecule has 0 saturated carbocycles. The summed E-state index contributed by atoms with van der Waals surface area (Å²) >= 11 is 0. The molecule has 0 saturated heterocycles. The van der Waals surface area contributed by atoms with E-state index in [1.807, 2.05) is 39.0 Å². The van der Waals surface area contributed by atoms with Crippen LogP contribution in [-0.2, 0) is 11.3 Å². The molecular formula is C12H18N2O2. The summed E-state index contributed by atoms with van der Waals surface area (Å²) in [6, 6.07) is 5.75. The van der Waals surface area contributed by atoms with E-state index in [9.17, 15) is 4.79 Å². The molecule has 0 radical (unpaired) electrons. The maximum absolute atomic E-state index is 11.5. The summed E-state index contributed by atoms with van der Waals surface area (Å²) in [6.45, 7) is 6.05. The molecule has 1 amide bonds. The van der Waals surface area contributed by atoms with Crippen molar-refractivity contribution in [2.24, 2.45) is 0 Å². The van der Waals surface area contributed by atoms with Crippen LogP contribution in [0.1, 0.15) is 25.2 Å². The van der Waals surface area contributed by atoms with Crippen molar-refractivity contribution in [2.75, 3.05) is 7.05 Å². The zero-order valence-corrected chi connectivity index (χ0v) is 10.2. The Morgan fingerprint density at radius 3 is 2.75 bits per heavy atom. The quantitative estimate of drug-likeness (QED) is 0.788. The molecule has 1 aromatic heterocycles. The third-order valence-electron chi connectivity index (χ3n) is 1.99. The molecule has 1 heterocycles. The maximum atomic E-state index is 11.5. The molecule has 16 heavy (non-hydrogen) atoms. The third kappa shape index (κ3) is 3.88. The molecule has 1 rings (SSSR count). The second-order valence-electron chi connectivity index (χ2n) is 4.06. The van der Waals surface area contributed by atoms with Crippen LogP contribution in [0.4, 0.5) is 4.79 Å². The van der Waals surface area contributed by atoms with Gasteiger partial charge in [-0.05, 0) is 32.9 Å². The van der Waals surface area contributed by atoms with Crippen LogP contribution in [-0.4, -0.2) is 29.1 Å². The summed E-state index contributed by atoms with van der Waals surface area (Å²) < 4.78 is 5.07. The molecule has 0 N–H and O–H groups in total. The summed E-state index contributed by atoms with van der Waals surface area (Å²) in [5, 5.41) is 0. The molecule has 4 nitrogen and oxygen atoms in total. The van der Waals surface area contributed by atoms with E-state index in [1.54, 1.807) is 7.05 Å². The number of amides is 1. The van der Waals surface area contributed by atoms with E-state index in [2.05, 4.69) is 4.98 Å². The molecule has 0 aromatic carbocycles. The Labute approximate surface area is 96.2 Å². The minimum atomic E-state index is -0.321. The zero-order valence-electron chi connectivity index (χ0n) is 10.2.